The van der Waals surface area contributed by atoms with Gasteiger partial charge >= 0.3 is 0 Å². The summed E-state index contributed by atoms with van der Waals surface area (Å²) in [5.74, 6) is 0.857. The van der Waals surface area contributed by atoms with E-state index in [0.29, 0.717) is 11.8 Å². The van der Waals surface area contributed by atoms with E-state index in [1.165, 1.54) is 12.8 Å². The Morgan fingerprint density at radius 2 is 1.70 bits per heavy atom. The fraction of sp³-hybridized carbons (Fsp3) is 0.765. The Hall–Kier alpha value is -1.12. The quantitative estimate of drug-likeness (QED) is 0.424. The monoisotopic (exact) mass is 275 g/mol. The van der Waals surface area contributed by atoms with E-state index in [9.17, 15) is 9.59 Å². The number of imide groups is 1. The van der Waals surface area contributed by atoms with Crippen LogP contribution in [0.4, 0.5) is 0 Å². The second-order valence-electron chi connectivity index (χ2n) is 6.60. The highest BCUT2D eigenvalue weighted by molar-refractivity contribution is 6.06. The highest BCUT2D eigenvalue weighted by Crippen LogP contribution is 2.53. The summed E-state index contributed by atoms with van der Waals surface area (Å²) in [5.41, 5.74) is 0. The van der Waals surface area contributed by atoms with Crippen LogP contribution in [-0.4, -0.2) is 22.8 Å². The Labute approximate surface area is 121 Å². The van der Waals surface area contributed by atoms with Gasteiger partial charge in [-0.2, -0.15) is 0 Å². The molecule has 1 heterocycles. The van der Waals surface area contributed by atoms with Crippen LogP contribution in [0.3, 0.4) is 0 Å². The van der Waals surface area contributed by atoms with E-state index in [1.807, 2.05) is 0 Å². The van der Waals surface area contributed by atoms with E-state index in [0.717, 1.165) is 25.7 Å². The average molecular weight is 275 g/mol. The first-order valence-electron chi connectivity index (χ1n) is 8.24. The van der Waals surface area contributed by atoms with E-state index in [-0.39, 0.29) is 29.7 Å². The van der Waals surface area contributed by atoms with Crippen molar-refractivity contribution in [2.24, 2.45) is 23.7 Å². The first-order chi connectivity index (χ1) is 9.69. The summed E-state index contributed by atoms with van der Waals surface area (Å²) in [6.07, 6.45) is 10.7. The standard InChI is InChI=1S/C17H25NO2/c1-3-5-6-7-13(4-2)18-16(19)14-11-8-9-12(10-11)15(14)17(18)20/h8-9,11-15H,3-7,10H2,1-2H3. The van der Waals surface area contributed by atoms with E-state index >= 15 is 0 Å². The normalized spacial score (nSPS) is 36.0. The number of carbonyl (C=O) groups is 2. The van der Waals surface area contributed by atoms with Crippen molar-refractivity contribution in [3.63, 3.8) is 0 Å². The van der Waals surface area contributed by atoms with Crippen molar-refractivity contribution in [1.29, 1.82) is 0 Å². The lowest BCUT2D eigenvalue weighted by Crippen LogP contribution is -2.41. The predicted molar refractivity (Wildman–Crippen MR) is 77.8 cm³/mol. The second kappa shape index (κ2) is 5.34. The third kappa shape index (κ3) is 1.94. The van der Waals surface area contributed by atoms with Crippen molar-refractivity contribution in [1.82, 2.24) is 4.90 Å². The zero-order chi connectivity index (χ0) is 14.3. The Kier molecular flexibility index (Phi) is 3.70. The maximum atomic E-state index is 12.7. The minimum Gasteiger partial charge on any atom is -0.279 e. The number of likely N-dealkylation sites (tertiary alicyclic amines) is 1. The summed E-state index contributed by atoms with van der Waals surface area (Å²) in [4.78, 5) is 27.0. The molecule has 0 aromatic heterocycles. The van der Waals surface area contributed by atoms with Crippen molar-refractivity contribution in [2.45, 2.75) is 58.4 Å². The Morgan fingerprint density at radius 3 is 2.20 bits per heavy atom. The van der Waals surface area contributed by atoms with Gasteiger partial charge in [0.25, 0.3) is 0 Å². The van der Waals surface area contributed by atoms with Gasteiger partial charge in [0.2, 0.25) is 11.8 Å². The zero-order valence-electron chi connectivity index (χ0n) is 12.5. The van der Waals surface area contributed by atoms with Gasteiger partial charge in [-0.3, -0.25) is 14.5 Å². The first-order valence-corrected chi connectivity index (χ1v) is 8.24. The summed E-state index contributed by atoms with van der Waals surface area (Å²) in [5, 5.41) is 0. The SMILES string of the molecule is CCCCCC(CC)N1C(=O)C2C3C=CC(C3)C2C1=O. The number of hydrogen-bond donors (Lipinski definition) is 0. The topological polar surface area (TPSA) is 37.4 Å². The number of fused-ring (bicyclic) bond motifs is 5. The van der Waals surface area contributed by atoms with Crippen LogP contribution in [0.1, 0.15) is 52.4 Å². The maximum Gasteiger partial charge on any atom is 0.233 e. The van der Waals surface area contributed by atoms with Gasteiger partial charge in [-0.25, -0.2) is 0 Å². The van der Waals surface area contributed by atoms with Crippen LogP contribution in [-0.2, 0) is 9.59 Å². The predicted octanol–water partition coefficient (Wildman–Crippen LogP) is 3.15. The molecule has 3 heteroatoms. The summed E-state index contributed by atoms with van der Waals surface area (Å²) in [6, 6.07) is 0.131. The van der Waals surface area contributed by atoms with E-state index in [1.54, 1.807) is 4.90 Å². The van der Waals surface area contributed by atoms with Crippen LogP contribution in [0.2, 0.25) is 0 Å². The molecule has 3 aliphatic rings. The van der Waals surface area contributed by atoms with Crippen LogP contribution in [0.5, 0.6) is 0 Å². The molecule has 1 saturated carbocycles. The Bertz CT molecular complexity index is 412. The van der Waals surface area contributed by atoms with Crippen molar-refractivity contribution < 1.29 is 9.59 Å². The van der Waals surface area contributed by atoms with Crippen LogP contribution >= 0.6 is 0 Å². The minimum absolute atomic E-state index is 0.0299. The first kappa shape index (κ1) is 13.8. The van der Waals surface area contributed by atoms with Gasteiger partial charge in [-0.05, 0) is 31.1 Å². The molecule has 2 fully saturated rings. The van der Waals surface area contributed by atoms with Gasteiger partial charge in [0.15, 0.2) is 0 Å². The lowest BCUT2D eigenvalue weighted by molar-refractivity contribution is -0.143. The summed E-state index contributed by atoms with van der Waals surface area (Å²) < 4.78 is 0. The molecule has 0 aromatic rings. The van der Waals surface area contributed by atoms with Crippen molar-refractivity contribution in [3.05, 3.63) is 12.2 Å². The lowest BCUT2D eigenvalue weighted by Gasteiger charge is -2.27. The molecule has 0 spiro atoms. The van der Waals surface area contributed by atoms with Gasteiger partial charge in [-0.15, -0.1) is 0 Å². The number of rotatable bonds is 6. The minimum atomic E-state index is -0.0299. The number of allylic oxidation sites excluding steroid dienone is 2. The van der Waals surface area contributed by atoms with Crippen molar-refractivity contribution >= 4 is 11.8 Å². The molecule has 1 aliphatic heterocycles. The molecule has 5 atom stereocenters. The molecule has 2 aliphatic carbocycles. The molecule has 2 bridgehead atoms. The molecule has 110 valence electrons. The Balaban J connectivity index is 1.74. The molecular formula is C17H25NO2. The van der Waals surface area contributed by atoms with Crippen LogP contribution in [0, 0.1) is 23.7 Å². The lowest BCUT2D eigenvalue weighted by atomic mass is 9.85. The molecule has 0 N–H and O–H groups in total. The third-order valence-corrected chi connectivity index (χ3v) is 5.48. The summed E-state index contributed by atoms with van der Waals surface area (Å²) >= 11 is 0. The van der Waals surface area contributed by atoms with Gasteiger partial charge in [0.1, 0.15) is 0 Å². The molecule has 0 radical (unpaired) electrons. The molecule has 0 aromatic carbocycles. The number of unbranched alkanes of at least 4 members (excludes halogenated alkanes) is 2. The van der Waals surface area contributed by atoms with Crippen LogP contribution in [0.25, 0.3) is 0 Å². The summed E-state index contributed by atoms with van der Waals surface area (Å²) in [6.45, 7) is 4.28. The van der Waals surface area contributed by atoms with E-state index in [2.05, 4.69) is 26.0 Å². The van der Waals surface area contributed by atoms with Crippen LogP contribution < -0.4 is 0 Å². The van der Waals surface area contributed by atoms with E-state index in [4.69, 9.17) is 0 Å². The fourth-order valence-electron chi connectivity index (χ4n) is 4.43. The average Bonchev–Trinajstić information content (AvgIpc) is 3.11. The van der Waals surface area contributed by atoms with Gasteiger partial charge in [0.05, 0.1) is 11.8 Å². The molecule has 1 saturated heterocycles. The summed E-state index contributed by atoms with van der Waals surface area (Å²) in [7, 11) is 0. The maximum absolute atomic E-state index is 12.7. The Morgan fingerprint density at radius 1 is 1.10 bits per heavy atom. The molecule has 20 heavy (non-hydrogen) atoms. The number of carbonyl (C=O) groups excluding carboxylic acids is 2. The van der Waals surface area contributed by atoms with Gasteiger partial charge in [-0.1, -0.05) is 45.3 Å². The number of hydrogen-bond acceptors (Lipinski definition) is 2. The molecule has 3 nitrogen and oxygen atoms in total. The highest BCUT2D eigenvalue weighted by Gasteiger charge is 2.60. The van der Waals surface area contributed by atoms with Gasteiger partial charge in [0, 0.05) is 6.04 Å². The third-order valence-electron chi connectivity index (χ3n) is 5.48. The largest absolute Gasteiger partial charge is 0.279 e. The van der Waals surface area contributed by atoms with Crippen molar-refractivity contribution in [2.75, 3.05) is 0 Å². The van der Waals surface area contributed by atoms with Crippen molar-refractivity contribution in [3.8, 4) is 0 Å². The van der Waals surface area contributed by atoms with Gasteiger partial charge < -0.3 is 0 Å². The van der Waals surface area contributed by atoms with Crippen LogP contribution in [0.15, 0.2) is 12.2 Å². The highest BCUT2D eigenvalue weighted by atomic mass is 16.2. The smallest absolute Gasteiger partial charge is 0.233 e. The molecule has 3 rings (SSSR count). The fourth-order valence-corrected chi connectivity index (χ4v) is 4.43. The van der Waals surface area contributed by atoms with E-state index < -0.39 is 0 Å². The number of amides is 2. The molecule has 5 unspecified atom stereocenters. The zero-order valence-corrected chi connectivity index (χ0v) is 12.5. The number of nitrogens with zero attached hydrogens (tertiary/aromatic N) is 1. The molecular weight excluding hydrogens is 250 g/mol. The second-order valence-corrected chi connectivity index (χ2v) is 6.60. The molecule has 2 amide bonds.